The molecular formula is C26H34N2O3. The van der Waals surface area contributed by atoms with Crippen molar-refractivity contribution in [3.05, 3.63) is 60.2 Å². The molecule has 5 nitrogen and oxygen atoms in total. The molecule has 2 aliphatic rings. The third-order valence-electron chi connectivity index (χ3n) is 6.57. The van der Waals surface area contributed by atoms with Crippen molar-refractivity contribution in [1.82, 2.24) is 4.90 Å². The highest BCUT2D eigenvalue weighted by molar-refractivity contribution is 5.99. The predicted molar refractivity (Wildman–Crippen MR) is 124 cm³/mol. The molecule has 1 amide bonds. The van der Waals surface area contributed by atoms with E-state index in [2.05, 4.69) is 22.3 Å². The van der Waals surface area contributed by atoms with Gasteiger partial charge in [0.2, 0.25) is 5.91 Å². The highest BCUT2D eigenvalue weighted by atomic mass is 16.5. The molecule has 1 aliphatic heterocycles. The molecule has 0 radical (unpaired) electrons. The number of hydrogen-bond acceptors (Lipinski definition) is 4. The second kappa shape index (κ2) is 10.8. The summed E-state index contributed by atoms with van der Waals surface area (Å²) in [5.74, 6) is 0.952. The molecule has 5 heteroatoms. The Hall–Kier alpha value is -2.37. The monoisotopic (exact) mass is 422 g/mol. The molecule has 0 aromatic heterocycles. The van der Waals surface area contributed by atoms with E-state index >= 15 is 0 Å². The molecule has 1 heterocycles. The molecule has 1 saturated carbocycles. The first kappa shape index (κ1) is 21.8. The van der Waals surface area contributed by atoms with Crippen molar-refractivity contribution in [2.24, 2.45) is 0 Å². The van der Waals surface area contributed by atoms with E-state index in [9.17, 15) is 4.79 Å². The summed E-state index contributed by atoms with van der Waals surface area (Å²) in [5.41, 5.74) is 1.53. The van der Waals surface area contributed by atoms with Crippen LogP contribution in [-0.4, -0.2) is 50.3 Å². The quantitative estimate of drug-likeness (QED) is 0.630. The minimum Gasteiger partial charge on any atom is -0.494 e. The lowest BCUT2D eigenvalue weighted by Gasteiger charge is -2.36. The Labute approximate surface area is 185 Å². The fourth-order valence-electron chi connectivity index (χ4n) is 4.75. The number of ether oxygens (including phenoxy) is 2. The van der Waals surface area contributed by atoms with Crippen LogP contribution in [0.4, 0.5) is 5.69 Å². The van der Waals surface area contributed by atoms with Gasteiger partial charge in [-0.3, -0.25) is 9.69 Å². The molecule has 0 spiro atoms. The first-order chi connectivity index (χ1) is 15.3. The van der Waals surface area contributed by atoms with Crippen LogP contribution in [0.15, 0.2) is 54.6 Å². The summed E-state index contributed by atoms with van der Waals surface area (Å²) in [6.45, 7) is 5.43. The van der Waals surface area contributed by atoms with Crippen LogP contribution in [0, 0.1) is 0 Å². The summed E-state index contributed by atoms with van der Waals surface area (Å²) < 4.78 is 11.3. The second-order valence-corrected chi connectivity index (χ2v) is 8.64. The lowest BCUT2D eigenvalue weighted by Crippen LogP contribution is -2.42. The Morgan fingerprint density at radius 2 is 1.68 bits per heavy atom. The Kier molecular flexibility index (Phi) is 7.60. The highest BCUT2D eigenvalue weighted by Crippen LogP contribution is 2.40. The lowest BCUT2D eigenvalue weighted by molar-refractivity contribution is -0.122. The maximum atomic E-state index is 13.4. The SMILES string of the molecule is O=C(Nc1ccc(OCCCN2CCOCC2)cc1)C1(c2ccccc2)CCCCC1. The van der Waals surface area contributed by atoms with Crippen molar-refractivity contribution < 1.29 is 14.3 Å². The van der Waals surface area contributed by atoms with Gasteiger partial charge in [-0.15, -0.1) is 0 Å². The number of hydrogen-bond donors (Lipinski definition) is 1. The first-order valence-electron chi connectivity index (χ1n) is 11.7. The molecule has 2 aromatic rings. The van der Waals surface area contributed by atoms with Crippen molar-refractivity contribution in [3.63, 3.8) is 0 Å². The molecule has 4 rings (SSSR count). The molecule has 166 valence electrons. The number of nitrogens with one attached hydrogen (secondary N) is 1. The van der Waals surface area contributed by atoms with Crippen LogP contribution in [0.1, 0.15) is 44.1 Å². The van der Waals surface area contributed by atoms with Crippen molar-refractivity contribution >= 4 is 11.6 Å². The smallest absolute Gasteiger partial charge is 0.235 e. The molecule has 1 aliphatic carbocycles. The fraction of sp³-hybridized carbons (Fsp3) is 0.500. The van der Waals surface area contributed by atoms with Gasteiger partial charge in [0.05, 0.1) is 25.2 Å². The molecule has 31 heavy (non-hydrogen) atoms. The number of rotatable bonds is 8. The van der Waals surface area contributed by atoms with Crippen LogP contribution < -0.4 is 10.1 Å². The zero-order valence-corrected chi connectivity index (χ0v) is 18.4. The van der Waals surface area contributed by atoms with Crippen LogP contribution >= 0.6 is 0 Å². The van der Waals surface area contributed by atoms with Crippen molar-refractivity contribution in [1.29, 1.82) is 0 Å². The lowest BCUT2D eigenvalue weighted by atomic mass is 9.68. The summed E-state index contributed by atoms with van der Waals surface area (Å²) in [5, 5.41) is 3.18. The van der Waals surface area contributed by atoms with Crippen LogP contribution in [-0.2, 0) is 14.9 Å². The Balaban J connectivity index is 1.30. The van der Waals surface area contributed by atoms with Crippen molar-refractivity contribution in [3.8, 4) is 5.75 Å². The largest absolute Gasteiger partial charge is 0.494 e. The third-order valence-corrected chi connectivity index (χ3v) is 6.57. The number of nitrogens with zero attached hydrogens (tertiary/aromatic N) is 1. The number of carbonyl (C=O) groups is 1. The summed E-state index contributed by atoms with van der Waals surface area (Å²) in [7, 11) is 0. The van der Waals surface area contributed by atoms with Crippen LogP contribution in [0.3, 0.4) is 0 Å². The van der Waals surface area contributed by atoms with Gasteiger partial charge in [-0.1, -0.05) is 49.6 Å². The third kappa shape index (κ3) is 5.66. The molecule has 0 unspecified atom stereocenters. The van der Waals surface area contributed by atoms with Gasteiger partial charge in [-0.2, -0.15) is 0 Å². The maximum absolute atomic E-state index is 13.4. The van der Waals surface area contributed by atoms with E-state index in [4.69, 9.17) is 9.47 Å². The molecule has 2 fully saturated rings. The van der Waals surface area contributed by atoms with Crippen LogP contribution in [0.5, 0.6) is 5.75 Å². The van der Waals surface area contributed by atoms with Gasteiger partial charge in [-0.05, 0) is 49.1 Å². The summed E-state index contributed by atoms with van der Waals surface area (Å²) in [4.78, 5) is 15.8. The van der Waals surface area contributed by atoms with Crippen LogP contribution in [0.2, 0.25) is 0 Å². The Bertz CT molecular complexity index is 810. The van der Waals surface area contributed by atoms with Gasteiger partial charge in [-0.25, -0.2) is 0 Å². The summed E-state index contributed by atoms with van der Waals surface area (Å²) in [6, 6.07) is 18.0. The van der Waals surface area contributed by atoms with Gasteiger partial charge in [0, 0.05) is 25.3 Å². The predicted octanol–water partition coefficient (Wildman–Crippen LogP) is 4.63. The van der Waals surface area contributed by atoms with E-state index in [-0.39, 0.29) is 5.91 Å². The Morgan fingerprint density at radius 3 is 2.39 bits per heavy atom. The molecule has 2 aromatic carbocycles. The average Bonchev–Trinajstić information content (AvgIpc) is 2.84. The van der Waals surface area contributed by atoms with E-state index in [1.165, 1.54) is 6.42 Å². The van der Waals surface area contributed by atoms with Gasteiger partial charge in [0.25, 0.3) is 0 Å². The number of morpholine rings is 1. The van der Waals surface area contributed by atoms with Crippen molar-refractivity contribution in [2.75, 3.05) is 44.8 Å². The topological polar surface area (TPSA) is 50.8 Å². The zero-order chi connectivity index (χ0) is 21.4. The number of amides is 1. The second-order valence-electron chi connectivity index (χ2n) is 8.64. The van der Waals surface area contributed by atoms with E-state index in [0.717, 1.165) is 82.0 Å². The fourth-order valence-corrected chi connectivity index (χ4v) is 4.75. The number of carbonyl (C=O) groups excluding carboxylic acids is 1. The standard InChI is InChI=1S/C26H34N2O3/c29-25(26(14-5-2-6-15-26)22-8-3-1-4-9-22)27-23-10-12-24(13-11-23)31-19-7-16-28-17-20-30-21-18-28/h1,3-4,8-13H,2,5-7,14-21H2,(H,27,29). The van der Waals surface area contributed by atoms with Gasteiger partial charge in [0.1, 0.15) is 5.75 Å². The first-order valence-corrected chi connectivity index (χ1v) is 11.7. The van der Waals surface area contributed by atoms with Crippen molar-refractivity contribution in [2.45, 2.75) is 43.9 Å². The van der Waals surface area contributed by atoms with Gasteiger partial charge < -0.3 is 14.8 Å². The molecule has 1 saturated heterocycles. The van der Waals surface area contributed by atoms with Crippen LogP contribution in [0.25, 0.3) is 0 Å². The number of benzene rings is 2. The molecule has 1 N–H and O–H groups in total. The molecule has 0 atom stereocenters. The normalized spacial score (nSPS) is 19.0. The van der Waals surface area contributed by atoms with E-state index < -0.39 is 5.41 Å². The maximum Gasteiger partial charge on any atom is 0.235 e. The minimum atomic E-state index is -0.422. The number of anilines is 1. The minimum absolute atomic E-state index is 0.109. The summed E-state index contributed by atoms with van der Waals surface area (Å²) in [6.07, 6.45) is 6.22. The zero-order valence-electron chi connectivity index (χ0n) is 18.4. The molecule has 0 bridgehead atoms. The Morgan fingerprint density at radius 1 is 0.968 bits per heavy atom. The highest BCUT2D eigenvalue weighted by Gasteiger charge is 2.40. The average molecular weight is 423 g/mol. The molecular weight excluding hydrogens is 388 g/mol. The van der Waals surface area contributed by atoms with E-state index in [0.29, 0.717) is 6.61 Å². The van der Waals surface area contributed by atoms with E-state index in [1.54, 1.807) is 0 Å². The van der Waals surface area contributed by atoms with Gasteiger partial charge >= 0.3 is 0 Å². The van der Waals surface area contributed by atoms with E-state index in [1.807, 2.05) is 42.5 Å². The summed E-state index contributed by atoms with van der Waals surface area (Å²) >= 11 is 0. The van der Waals surface area contributed by atoms with Gasteiger partial charge in [0.15, 0.2) is 0 Å².